The van der Waals surface area contributed by atoms with Crippen LogP contribution in [0.5, 0.6) is 11.5 Å². The highest BCUT2D eigenvalue weighted by Crippen LogP contribution is 2.27. The van der Waals surface area contributed by atoms with Crippen molar-refractivity contribution in [3.63, 3.8) is 0 Å². The number of hydrogen-bond acceptors (Lipinski definition) is 7. The van der Waals surface area contributed by atoms with Crippen LogP contribution in [-0.4, -0.2) is 37.2 Å². The van der Waals surface area contributed by atoms with Crippen molar-refractivity contribution >= 4 is 29.1 Å². The molecule has 1 N–H and O–H groups in total. The number of para-hydroxylation sites is 2. The normalized spacial score (nSPS) is 12.0. The molecule has 0 spiro atoms. The number of oxazole rings is 1. The van der Waals surface area contributed by atoms with Gasteiger partial charge in [-0.15, -0.1) is 0 Å². The summed E-state index contributed by atoms with van der Waals surface area (Å²) >= 11 is 0. The fourth-order valence-electron chi connectivity index (χ4n) is 2.69. The van der Waals surface area contributed by atoms with Gasteiger partial charge < -0.3 is 23.9 Å². The highest BCUT2D eigenvalue weighted by atomic mass is 16.5. The number of aromatic nitrogens is 1. The molecule has 0 radical (unpaired) electrons. The summed E-state index contributed by atoms with van der Waals surface area (Å²) < 4.78 is 21.0. The number of amides is 1. The van der Waals surface area contributed by atoms with E-state index in [1.807, 2.05) is 12.1 Å². The topological polar surface area (TPSA) is 99.9 Å². The molecule has 0 aliphatic heterocycles. The minimum Gasteiger partial charge on any atom is -0.493 e. The van der Waals surface area contributed by atoms with E-state index in [0.29, 0.717) is 22.6 Å². The third-order valence-corrected chi connectivity index (χ3v) is 4.25. The van der Waals surface area contributed by atoms with Gasteiger partial charge in [0.25, 0.3) is 5.91 Å². The van der Waals surface area contributed by atoms with Crippen LogP contribution in [0.2, 0.25) is 0 Å². The second-order valence-electron chi connectivity index (χ2n) is 6.34. The smallest absolute Gasteiger partial charge is 0.331 e. The third-order valence-electron chi connectivity index (χ3n) is 4.25. The molecule has 2 aromatic carbocycles. The Hall–Kier alpha value is -3.81. The Morgan fingerprint density at radius 3 is 2.63 bits per heavy atom. The maximum absolute atomic E-state index is 12.2. The van der Waals surface area contributed by atoms with E-state index in [1.165, 1.54) is 26.2 Å². The van der Waals surface area contributed by atoms with Crippen molar-refractivity contribution in [2.24, 2.45) is 0 Å². The molecule has 156 valence electrons. The van der Waals surface area contributed by atoms with Crippen molar-refractivity contribution in [3.8, 4) is 11.5 Å². The van der Waals surface area contributed by atoms with E-state index in [0.717, 1.165) is 5.56 Å². The number of fused-ring (bicyclic) bond motifs is 1. The van der Waals surface area contributed by atoms with E-state index < -0.39 is 18.0 Å². The molecule has 0 aliphatic rings. The number of rotatable bonds is 8. The maximum atomic E-state index is 12.2. The number of nitrogens with one attached hydrogen (secondary N) is 1. The standard InChI is InChI=1S/C22H22N2O6/c1-14(22(26)23-13-15-8-9-18(27-2)19(12-15)28-3)29-21(25)11-10-20-24-16-6-4-5-7-17(16)30-20/h4-12,14H,13H2,1-3H3,(H,23,26)/b11-10+/t14-/m0/s1. The molecule has 1 heterocycles. The number of carbonyl (C=O) groups excluding carboxylic acids is 2. The number of carbonyl (C=O) groups is 2. The van der Waals surface area contributed by atoms with Crippen molar-refractivity contribution in [2.45, 2.75) is 19.6 Å². The molecule has 0 saturated carbocycles. The molecule has 0 bridgehead atoms. The maximum Gasteiger partial charge on any atom is 0.331 e. The first kappa shape index (κ1) is 20.9. The first-order valence-electron chi connectivity index (χ1n) is 9.23. The Bertz CT molecular complexity index is 1040. The van der Waals surface area contributed by atoms with Crippen LogP contribution < -0.4 is 14.8 Å². The molecular weight excluding hydrogens is 388 g/mol. The Kier molecular flexibility index (Phi) is 6.69. The van der Waals surface area contributed by atoms with Crippen LogP contribution in [0.15, 0.2) is 53.0 Å². The van der Waals surface area contributed by atoms with Crippen LogP contribution in [0.4, 0.5) is 0 Å². The average molecular weight is 410 g/mol. The minimum atomic E-state index is -0.967. The summed E-state index contributed by atoms with van der Waals surface area (Å²) in [6, 6.07) is 12.6. The van der Waals surface area contributed by atoms with E-state index in [4.69, 9.17) is 18.6 Å². The highest BCUT2D eigenvalue weighted by molar-refractivity contribution is 5.90. The molecule has 1 aromatic heterocycles. The minimum absolute atomic E-state index is 0.250. The second-order valence-corrected chi connectivity index (χ2v) is 6.34. The molecular formula is C22H22N2O6. The Morgan fingerprint density at radius 2 is 1.90 bits per heavy atom. The van der Waals surface area contributed by atoms with Crippen molar-refractivity contribution in [3.05, 3.63) is 60.0 Å². The molecule has 0 aliphatic carbocycles. The first-order chi connectivity index (χ1) is 14.5. The van der Waals surface area contributed by atoms with Crippen LogP contribution >= 0.6 is 0 Å². The first-order valence-corrected chi connectivity index (χ1v) is 9.23. The fraction of sp³-hybridized carbons (Fsp3) is 0.227. The van der Waals surface area contributed by atoms with E-state index in [1.54, 1.807) is 37.4 Å². The molecule has 8 heteroatoms. The van der Waals surface area contributed by atoms with Gasteiger partial charge in [0.1, 0.15) is 5.52 Å². The number of hydrogen-bond donors (Lipinski definition) is 1. The van der Waals surface area contributed by atoms with Gasteiger partial charge in [-0.2, -0.15) is 0 Å². The molecule has 3 rings (SSSR count). The lowest BCUT2D eigenvalue weighted by molar-refractivity contribution is -0.150. The Labute approximate surface area is 173 Å². The van der Waals surface area contributed by atoms with E-state index >= 15 is 0 Å². The molecule has 1 atom stereocenters. The molecule has 0 saturated heterocycles. The van der Waals surface area contributed by atoms with E-state index in [2.05, 4.69) is 10.3 Å². The summed E-state index contributed by atoms with van der Waals surface area (Å²) in [6.07, 6.45) is 1.60. The summed E-state index contributed by atoms with van der Waals surface area (Å²) in [4.78, 5) is 28.4. The number of benzene rings is 2. The zero-order valence-electron chi connectivity index (χ0n) is 16.9. The zero-order chi connectivity index (χ0) is 21.5. The van der Waals surface area contributed by atoms with Gasteiger partial charge in [-0.3, -0.25) is 4.79 Å². The SMILES string of the molecule is COc1ccc(CNC(=O)[C@H](C)OC(=O)/C=C/c2nc3ccccc3o2)cc1OC. The van der Waals surface area contributed by atoms with E-state index in [9.17, 15) is 9.59 Å². The summed E-state index contributed by atoms with van der Waals surface area (Å²) in [5.74, 6) is 0.340. The van der Waals surface area contributed by atoms with Crippen molar-refractivity contribution < 1.29 is 28.2 Å². The Balaban J connectivity index is 1.51. The van der Waals surface area contributed by atoms with E-state index in [-0.39, 0.29) is 12.4 Å². The quantitative estimate of drug-likeness (QED) is 0.450. The molecule has 0 unspecified atom stereocenters. The molecule has 3 aromatic rings. The number of methoxy groups -OCH3 is 2. The lowest BCUT2D eigenvalue weighted by Crippen LogP contribution is -2.35. The van der Waals surface area contributed by atoms with Crippen LogP contribution in [0, 0.1) is 0 Å². The predicted octanol–water partition coefficient (Wildman–Crippen LogP) is 3.11. The van der Waals surface area contributed by atoms with Gasteiger partial charge in [0.05, 0.1) is 14.2 Å². The van der Waals surface area contributed by atoms with Gasteiger partial charge >= 0.3 is 5.97 Å². The molecule has 30 heavy (non-hydrogen) atoms. The van der Waals surface area contributed by atoms with Gasteiger partial charge in [-0.25, -0.2) is 9.78 Å². The molecule has 1 amide bonds. The van der Waals surface area contributed by atoms with Gasteiger partial charge in [-0.05, 0) is 36.8 Å². The third kappa shape index (κ3) is 5.16. The van der Waals surface area contributed by atoms with Gasteiger partial charge in [0.2, 0.25) is 5.89 Å². The monoisotopic (exact) mass is 410 g/mol. The second kappa shape index (κ2) is 9.60. The van der Waals surface area contributed by atoms with Gasteiger partial charge in [0.15, 0.2) is 23.2 Å². The van der Waals surface area contributed by atoms with Gasteiger partial charge in [0, 0.05) is 18.7 Å². The van der Waals surface area contributed by atoms with Crippen molar-refractivity contribution in [1.29, 1.82) is 0 Å². The summed E-state index contributed by atoms with van der Waals surface area (Å²) in [5.41, 5.74) is 2.12. The van der Waals surface area contributed by atoms with Crippen LogP contribution in [0.3, 0.4) is 0 Å². The molecule has 8 nitrogen and oxygen atoms in total. The fourth-order valence-corrected chi connectivity index (χ4v) is 2.69. The lowest BCUT2D eigenvalue weighted by atomic mass is 10.2. The van der Waals surface area contributed by atoms with Crippen molar-refractivity contribution in [2.75, 3.05) is 14.2 Å². The number of esters is 1. The van der Waals surface area contributed by atoms with Crippen LogP contribution in [0.25, 0.3) is 17.2 Å². The highest BCUT2D eigenvalue weighted by Gasteiger charge is 2.16. The summed E-state index contributed by atoms with van der Waals surface area (Å²) in [6.45, 7) is 1.74. The van der Waals surface area contributed by atoms with Crippen molar-refractivity contribution in [1.82, 2.24) is 10.3 Å². The predicted molar refractivity (Wildman–Crippen MR) is 110 cm³/mol. The van der Waals surface area contributed by atoms with Crippen LogP contribution in [0.1, 0.15) is 18.4 Å². The van der Waals surface area contributed by atoms with Crippen LogP contribution in [-0.2, 0) is 20.9 Å². The molecule has 0 fully saturated rings. The largest absolute Gasteiger partial charge is 0.493 e. The number of nitrogens with zero attached hydrogens (tertiary/aromatic N) is 1. The Morgan fingerprint density at radius 1 is 1.13 bits per heavy atom. The summed E-state index contributed by atoms with van der Waals surface area (Å²) in [5, 5.41) is 2.72. The number of ether oxygens (including phenoxy) is 3. The average Bonchev–Trinajstić information content (AvgIpc) is 3.18. The summed E-state index contributed by atoms with van der Waals surface area (Å²) in [7, 11) is 3.09. The lowest BCUT2D eigenvalue weighted by Gasteiger charge is -2.13. The van der Waals surface area contributed by atoms with Gasteiger partial charge in [-0.1, -0.05) is 18.2 Å². The zero-order valence-corrected chi connectivity index (χ0v) is 16.9.